The molecule has 2 aliphatic carbocycles. The van der Waals surface area contributed by atoms with E-state index in [1.165, 1.54) is 85.6 Å². The van der Waals surface area contributed by atoms with Crippen molar-refractivity contribution in [1.82, 2.24) is 47.7 Å². The van der Waals surface area contributed by atoms with Crippen LogP contribution in [0.4, 0.5) is 25.2 Å². The zero-order chi connectivity index (χ0) is 65.4. The van der Waals surface area contributed by atoms with Gasteiger partial charge in [-0.25, -0.2) is 49.0 Å². The van der Waals surface area contributed by atoms with E-state index in [0.717, 1.165) is 91.8 Å². The molecule has 4 fully saturated rings. The average Bonchev–Trinajstić information content (AvgIpc) is 1.80. The third kappa shape index (κ3) is 17.0. The molecule has 4 heterocycles. The number of benzene rings is 4. The Labute approximate surface area is 534 Å². The lowest BCUT2D eigenvalue weighted by atomic mass is 10.1. The van der Waals surface area contributed by atoms with Gasteiger partial charge < -0.3 is 24.8 Å². The van der Waals surface area contributed by atoms with E-state index < -0.39 is 25.6 Å². The molecular formula is C67H86F2N12O8S2. The number of amides is 1. The smallest absolute Gasteiger partial charge is 0.410 e. The SMILES string of the molecule is C=CCN(CCCc1cn(-c2ccc(S(=O)(=O)N(C)C)cc2)c(=O)c(N2CCN(C(=O)OC(C)(C)C)CC2)n1)[C@@H]1C[C@H]1c1ccc(F)cc1.C=CCN(CCCc1cn(-c2ccc(S(=O)(=O)N(C)C)cc2)c(=O)c(N2CCNCC2)n1)[C@@H]1C[C@H]1c1ccc(F)cc1. The van der Waals surface area contributed by atoms with Gasteiger partial charge in [0.2, 0.25) is 20.0 Å². The lowest BCUT2D eigenvalue weighted by Crippen LogP contribution is -2.51. The van der Waals surface area contributed by atoms with Crippen LogP contribution in [0.1, 0.15) is 80.8 Å². The number of sulfonamides is 2. The van der Waals surface area contributed by atoms with E-state index in [2.05, 4.69) is 28.3 Å². The molecule has 6 aromatic rings. The molecular weight excluding hydrogens is 1200 g/mol. The van der Waals surface area contributed by atoms with E-state index in [0.29, 0.717) is 93.2 Å². The number of rotatable bonds is 24. The van der Waals surface area contributed by atoms with Crippen LogP contribution in [0.2, 0.25) is 0 Å². The molecule has 0 radical (unpaired) electrons. The quantitative estimate of drug-likeness (QED) is 0.0579. The van der Waals surface area contributed by atoms with Crippen molar-refractivity contribution in [2.24, 2.45) is 0 Å². The Morgan fingerprint density at radius 1 is 0.604 bits per heavy atom. The first-order chi connectivity index (χ1) is 43.4. The summed E-state index contributed by atoms with van der Waals surface area (Å²) >= 11 is 0. The van der Waals surface area contributed by atoms with Crippen LogP contribution in [-0.2, 0) is 37.6 Å². The fourth-order valence-electron chi connectivity index (χ4n) is 11.7. The number of nitrogens with one attached hydrogen (secondary N) is 1. The molecule has 2 aromatic heterocycles. The van der Waals surface area contributed by atoms with Gasteiger partial charge >= 0.3 is 6.09 Å². The Kier molecular flexibility index (Phi) is 22.0. The highest BCUT2D eigenvalue weighted by Gasteiger charge is 2.43. The van der Waals surface area contributed by atoms with Crippen molar-refractivity contribution < 1.29 is 35.1 Å². The minimum atomic E-state index is -3.64. The Bertz CT molecular complexity index is 3850. The largest absolute Gasteiger partial charge is 0.444 e. The predicted molar refractivity (Wildman–Crippen MR) is 352 cm³/mol. The van der Waals surface area contributed by atoms with Crippen molar-refractivity contribution >= 4 is 37.8 Å². The zero-order valence-electron chi connectivity index (χ0n) is 53.3. The molecule has 20 nitrogen and oxygen atoms in total. The number of carbonyl (C=O) groups excluding carboxylic acids is 1. The molecule has 10 rings (SSSR count). The number of anilines is 2. The highest BCUT2D eigenvalue weighted by molar-refractivity contribution is 7.89. The third-order valence-electron chi connectivity index (χ3n) is 16.8. The van der Waals surface area contributed by atoms with E-state index in [-0.39, 0.29) is 44.5 Å². The van der Waals surface area contributed by atoms with Gasteiger partial charge in [0.15, 0.2) is 11.6 Å². The number of hydrogen-bond acceptors (Lipinski definition) is 15. The lowest BCUT2D eigenvalue weighted by Gasteiger charge is -2.36. The van der Waals surface area contributed by atoms with Gasteiger partial charge in [0.1, 0.15) is 17.2 Å². The van der Waals surface area contributed by atoms with Crippen LogP contribution in [0, 0.1) is 11.6 Å². The maximum atomic E-state index is 14.0. The van der Waals surface area contributed by atoms with E-state index in [9.17, 15) is 40.0 Å². The third-order valence-corrected chi connectivity index (χ3v) is 20.5. The number of hydrogen-bond donors (Lipinski definition) is 1. The fraction of sp³-hybridized carbons (Fsp3) is 0.448. The Balaban J connectivity index is 0.000000218. The van der Waals surface area contributed by atoms with E-state index in [1.54, 1.807) is 46.1 Å². The second-order valence-electron chi connectivity index (χ2n) is 24.9. The first-order valence-corrected chi connectivity index (χ1v) is 33.9. The summed E-state index contributed by atoms with van der Waals surface area (Å²) in [5.41, 5.74) is 3.77. The maximum Gasteiger partial charge on any atom is 0.410 e. The molecule has 0 spiro atoms. The van der Waals surface area contributed by atoms with Gasteiger partial charge in [-0.15, -0.1) is 13.2 Å². The first-order valence-electron chi connectivity index (χ1n) is 31.1. The second-order valence-corrected chi connectivity index (χ2v) is 29.2. The van der Waals surface area contributed by atoms with E-state index in [4.69, 9.17) is 14.7 Å². The molecule has 4 aliphatic rings. The first kappa shape index (κ1) is 67.9. The van der Waals surface area contributed by atoms with Gasteiger partial charge in [0.05, 0.1) is 21.2 Å². The summed E-state index contributed by atoms with van der Waals surface area (Å²) in [5.74, 6) is 0.988. The van der Waals surface area contributed by atoms with Crippen molar-refractivity contribution in [3.05, 3.63) is 190 Å². The number of piperazine rings is 2. The summed E-state index contributed by atoms with van der Waals surface area (Å²) < 4.78 is 88.3. The molecule has 488 valence electrons. The number of carbonyl (C=O) groups is 1. The molecule has 4 atom stereocenters. The molecule has 24 heteroatoms. The Morgan fingerprint density at radius 2 is 0.989 bits per heavy atom. The summed E-state index contributed by atoms with van der Waals surface area (Å²) in [7, 11) is -1.29. The predicted octanol–water partition coefficient (Wildman–Crippen LogP) is 7.66. The van der Waals surface area contributed by atoms with Gasteiger partial charge in [0.25, 0.3) is 11.1 Å². The van der Waals surface area contributed by atoms with Gasteiger partial charge in [-0.2, -0.15) is 0 Å². The van der Waals surface area contributed by atoms with Crippen molar-refractivity contribution in [2.75, 3.05) is 117 Å². The summed E-state index contributed by atoms with van der Waals surface area (Å²) in [6.07, 6.45) is 11.9. The van der Waals surface area contributed by atoms with Crippen LogP contribution in [0.3, 0.4) is 0 Å². The fourth-order valence-corrected chi connectivity index (χ4v) is 13.5. The van der Waals surface area contributed by atoms with Crippen molar-refractivity contribution in [3.63, 3.8) is 0 Å². The molecule has 0 unspecified atom stereocenters. The highest BCUT2D eigenvalue weighted by atomic mass is 32.2. The number of ether oxygens (including phenoxy) is 1. The summed E-state index contributed by atoms with van der Waals surface area (Å²) in [6, 6.07) is 26.9. The minimum absolute atomic E-state index is 0.128. The molecule has 1 amide bonds. The van der Waals surface area contributed by atoms with Gasteiger partial charge in [-0.3, -0.25) is 28.5 Å². The molecule has 91 heavy (non-hydrogen) atoms. The molecule has 1 N–H and O–H groups in total. The summed E-state index contributed by atoms with van der Waals surface area (Å²) in [5, 5.41) is 3.32. The van der Waals surface area contributed by atoms with Gasteiger partial charge in [-0.05, 0) is 156 Å². The number of halogens is 2. The molecule has 2 saturated heterocycles. The molecule has 0 bridgehead atoms. The van der Waals surface area contributed by atoms with Crippen molar-refractivity contribution in [3.8, 4) is 11.4 Å². The topological polar surface area (TPSA) is 199 Å². The van der Waals surface area contributed by atoms with Gasteiger partial charge in [0, 0.05) is 141 Å². The van der Waals surface area contributed by atoms with Crippen LogP contribution >= 0.6 is 0 Å². The monoisotopic (exact) mass is 1290 g/mol. The van der Waals surface area contributed by atoms with Crippen molar-refractivity contribution in [2.45, 2.75) is 98.6 Å². The van der Waals surface area contributed by atoms with E-state index in [1.807, 2.05) is 67.0 Å². The standard InChI is InChI=1S/C36H47FN6O5S.C31H39FN6O3S/c1-7-18-40(32-24-31(32)26-10-12-27(37)13-11-26)19-8-9-28-25-43(29-14-16-30(17-15-29)49(46,47)39(5)6)34(44)33(38-28)41-20-22-42(23-21-41)35(45)48-36(2,3)4;1-4-17-36(29-21-28(29)23-7-9-24(32)10-8-23)18-5-6-25-22-38(31(39)30(34-25)37-19-15-33-16-20-37)26-11-13-27(14-12-26)42(40,41)35(2)3/h7,10-17,25,31-32H,1,8-9,18-24H2,2-6H3;4,7-14,22,28-29,33H,1,5-6,15-21H2,2-3H3/t31-,32+;28-,29+/m00/s1. The second kappa shape index (κ2) is 29.4. The number of aromatic nitrogens is 4. The van der Waals surface area contributed by atoms with Crippen LogP contribution in [0.15, 0.2) is 154 Å². The molecule has 2 aliphatic heterocycles. The molecule has 4 aromatic carbocycles. The number of aryl methyl sites for hydroxylation is 2. The zero-order valence-corrected chi connectivity index (χ0v) is 54.9. The van der Waals surface area contributed by atoms with Crippen LogP contribution in [0.5, 0.6) is 0 Å². The van der Waals surface area contributed by atoms with E-state index >= 15 is 0 Å². The average molecular weight is 1290 g/mol. The summed E-state index contributed by atoms with van der Waals surface area (Å²) in [6.45, 7) is 21.0. The van der Waals surface area contributed by atoms with Crippen molar-refractivity contribution in [1.29, 1.82) is 0 Å². The minimum Gasteiger partial charge on any atom is -0.444 e. The highest BCUT2D eigenvalue weighted by Crippen LogP contribution is 2.46. The summed E-state index contributed by atoms with van der Waals surface area (Å²) in [4.78, 5) is 60.6. The molecule has 2 saturated carbocycles. The van der Waals surface area contributed by atoms with Crippen LogP contribution < -0.4 is 26.2 Å². The normalized spacial score (nSPS) is 18.5. The maximum absolute atomic E-state index is 14.0. The Hall–Kier alpha value is -7.45. The van der Waals surface area contributed by atoms with Crippen LogP contribution in [0.25, 0.3) is 11.4 Å². The van der Waals surface area contributed by atoms with Gasteiger partial charge in [-0.1, -0.05) is 36.4 Å². The van der Waals surface area contributed by atoms with Crippen LogP contribution in [-0.4, -0.2) is 190 Å². The number of nitrogens with zero attached hydrogens (tertiary/aromatic N) is 11. The lowest BCUT2D eigenvalue weighted by molar-refractivity contribution is 0.0240. The Morgan fingerprint density at radius 3 is 1.35 bits per heavy atom.